The average molecular weight is 233 g/mol. The topological polar surface area (TPSA) is 74.7 Å². The van der Waals surface area contributed by atoms with E-state index in [9.17, 15) is 4.79 Å². The van der Waals surface area contributed by atoms with Crippen molar-refractivity contribution in [3.05, 3.63) is 34.2 Å². The number of hydrogen-bond acceptors (Lipinski definition) is 2. The Morgan fingerprint density at radius 1 is 1.29 bits per heavy atom. The Bertz CT molecular complexity index is 580. The van der Waals surface area contributed by atoms with Gasteiger partial charge in [-0.05, 0) is 29.5 Å². The Hall–Kier alpha value is -1.55. The molecule has 0 aliphatic carbocycles. The summed E-state index contributed by atoms with van der Waals surface area (Å²) in [5, 5.41) is 0. The van der Waals surface area contributed by atoms with Crippen LogP contribution >= 0.6 is 0 Å². The summed E-state index contributed by atoms with van der Waals surface area (Å²) in [6, 6.07) is 5.80. The molecule has 0 aliphatic rings. The van der Waals surface area contributed by atoms with Crippen LogP contribution in [0.4, 0.5) is 0 Å². The Morgan fingerprint density at radius 3 is 2.59 bits per heavy atom. The summed E-state index contributed by atoms with van der Waals surface area (Å²) < 4.78 is 0. The lowest BCUT2D eigenvalue weighted by molar-refractivity contribution is 0.278. The Morgan fingerprint density at radius 2 is 1.94 bits per heavy atom. The number of nitrogens with two attached hydrogens (primary N) is 1. The number of hydrogen-bond donors (Lipinski definition) is 3. The summed E-state index contributed by atoms with van der Waals surface area (Å²) in [6.45, 7) is 6.44. The highest BCUT2D eigenvalue weighted by Gasteiger charge is 2.25. The lowest BCUT2D eigenvalue weighted by Crippen LogP contribution is -2.28. The van der Waals surface area contributed by atoms with Gasteiger partial charge in [-0.1, -0.05) is 26.8 Å². The zero-order valence-corrected chi connectivity index (χ0v) is 10.5. The summed E-state index contributed by atoms with van der Waals surface area (Å²) in [7, 11) is 0. The average Bonchev–Trinajstić information content (AvgIpc) is 2.66. The second-order valence-electron chi connectivity index (χ2n) is 5.20. The molecule has 1 aromatic carbocycles. The quantitative estimate of drug-likeness (QED) is 0.761. The minimum absolute atomic E-state index is 0.0321. The smallest absolute Gasteiger partial charge is 0.323 e. The molecule has 0 saturated carbocycles. The normalized spacial score (nSPS) is 14.1. The molecule has 0 fully saturated rings. The molecule has 1 heterocycles. The monoisotopic (exact) mass is 233 g/mol. The van der Waals surface area contributed by atoms with Crippen LogP contribution in [0.15, 0.2) is 23.0 Å². The zero-order valence-electron chi connectivity index (χ0n) is 10.5. The van der Waals surface area contributed by atoms with Gasteiger partial charge in [-0.2, -0.15) is 0 Å². The van der Waals surface area contributed by atoms with Crippen LogP contribution in [0.1, 0.15) is 38.8 Å². The van der Waals surface area contributed by atoms with Gasteiger partial charge in [-0.15, -0.1) is 0 Å². The molecule has 0 radical (unpaired) electrons. The van der Waals surface area contributed by atoms with Gasteiger partial charge >= 0.3 is 5.69 Å². The highest BCUT2D eigenvalue weighted by atomic mass is 16.1. The van der Waals surface area contributed by atoms with Crippen molar-refractivity contribution in [2.24, 2.45) is 11.1 Å². The zero-order chi connectivity index (χ0) is 12.6. The van der Waals surface area contributed by atoms with E-state index in [0.717, 1.165) is 23.0 Å². The first-order chi connectivity index (χ1) is 7.94. The van der Waals surface area contributed by atoms with E-state index in [0.29, 0.717) is 0 Å². The summed E-state index contributed by atoms with van der Waals surface area (Å²) in [4.78, 5) is 16.7. The Balaban J connectivity index is 2.45. The molecule has 2 aromatic rings. The van der Waals surface area contributed by atoms with E-state index in [-0.39, 0.29) is 17.1 Å². The third-order valence-corrected chi connectivity index (χ3v) is 3.65. The number of imidazole rings is 1. The van der Waals surface area contributed by atoms with Crippen molar-refractivity contribution in [3.8, 4) is 0 Å². The van der Waals surface area contributed by atoms with Crippen molar-refractivity contribution in [1.82, 2.24) is 9.97 Å². The van der Waals surface area contributed by atoms with Crippen LogP contribution in [0.3, 0.4) is 0 Å². The first-order valence-corrected chi connectivity index (χ1v) is 5.91. The number of H-pyrrole nitrogens is 2. The molecule has 2 rings (SSSR count). The molecule has 0 aliphatic heterocycles. The molecule has 0 spiro atoms. The largest absolute Gasteiger partial charge is 0.324 e. The molecule has 0 amide bonds. The SMILES string of the molecule is CCC(C)(C)C(N)c1ccc2[nH]c(=O)[nH]c2c1. The molecule has 4 N–H and O–H groups in total. The van der Waals surface area contributed by atoms with Crippen LogP contribution in [0.2, 0.25) is 0 Å². The summed E-state index contributed by atoms with van der Waals surface area (Å²) in [5.41, 5.74) is 8.83. The molecule has 0 saturated heterocycles. The van der Waals surface area contributed by atoms with E-state index in [1.54, 1.807) is 0 Å². The number of benzene rings is 1. The molecule has 1 aromatic heterocycles. The van der Waals surface area contributed by atoms with E-state index < -0.39 is 0 Å². The third kappa shape index (κ3) is 2.13. The van der Waals surface area contributed by atoms with Crippen molar-refractivity contribution >= 4 is 11.0 Å². The van der Waals surface area contributed by atoms with Gasteiger partial charge in [-0.3, -0.25) is 0 Å². The number of aromatic nitrogens is 2. The maximum atomic E-state index is 11.2. The summed E-state index contributed by atoms with van der Waals surface area (Å²) >= 11 is 0. The molecule has 17 heavy (non-hydrogen) atoms. The maximum absolute atomic E-state index is 11.2. The van der Waals surface area contributed by atoms with Crippen molar-refractivity contribution in [1.29, 1.82) is 0 Å². The summed E-state index contributed by atoms with van der Waals surface area (Å²) in [5.74, 6) is 0. The maximum Gasteiger partial charge on any atom is 0.323 e. The van der Waals surface area contributed by atoms with Gasteiger partial charge in [0, 0.05) is 6.04 Å². The van der Waals surface area contributed by atoms with Crippen LogP contribution in [-0.4, -0.2) is 9.97 Å². The lowest BCUT2D eigenvalue weighted by atomic mass is 9.79. The van der Waals surface area contributed by atoms with Gasteiger partial charge in [0.25, 0.3) is 0 Å². The van der Waals surface area contributed by atoms with Crippen LogP contribution in [-0.2, 0) is 0 Å². The second-order valence-corrected chi connectivity index (χ2v) is 5.20. The van der Waals surface area contributed by atoms with Gasteiger partial charge in [0.2, 0.25) is 0 Å². The van der Waals surface area contributed by atoms with Gasteiger partial charge in [-0.25, -0.2) is 4.79 Å². The van der Waals surface area contributed by atoms with Gasteiger partial charge in [0.1, 0.15) is 0 Å². The summed E-state index contributed by atoms with van der Waals surface area (Å²) in [6.07, 6.45) is 1.01. The predicted octanol–water partition coefficient (Wildman–Crippen LogP) is 2.29. The molecule has 92 valence electrons. The van der Waals surface area contributed by atoms with Gasteiger partial charge in [0.05, 0.1) is 11.0 Å². The van der Waals surface area contributed by atoms with Gasteiger partial charge < -0.3 is 15.7 Å². The number of rotatable bonds is 3. The fraction of sp³-hybridized carbons (Fsp3) is 0.462. The Labute approximate surface area is 100 Å². The first kappa shape index (κ1) is 11.9. The molecule has 0 bridgehead atoms. The first-order valence-electron chi connectivity index (χ1n) is 5.91. The molecule has 4 nitrogen and oxygen atoms in total. The molecule has 4 heteroatoms. The fourth-order valence-electron chi connectivity index (χ4n) is 1.91. The van der Waals surface area contributed by atoms with Crippen molar-refractivity contribution in [3.63, 3.8) is 0 Å². The van der Waals surface area contributed by atoms with Crippen LogP contribution in [0.25, 0.3) is 11.0 Å². The predicted molar refractivity (Wildman–Crippen MR) is 69.9 cm³/mol. The molecule has 1 atom stereocenters. The van der Waals surface area contributed by atoms with Crippen LogP contribution in [0, 0.1) is 5.41 Å². The van der Waals surface area contributed by atoms with E-state index in [2.05, 4.69) is 30.7 Å². The Kier molecular flexibility index (Phi) is 2.83. The number of fused-ring (bicyclic) bond motifs is 1. The lowest BCUT2D eigenvalue weighted by Gasteiger charge is -2.30. The highest BCUT2D eigenvalue weighted by molar-refractivity contribution is 5.75. The second kappa shape index (κ2) is 4.04. The van der Waals surface area contributed by atoms with Crippen molar-refractivity contribution < 1.29 is 0 Å². The van der Waals surface area contributed by atoms with E-state index in [1.165, 1.54) is 0 Å². The van der Waals surface area contributed by atoms with Gasteiger partial charge in [0.15, 0.2) is 0 Å². The standard InChI is InChI=1S/C13H19N3O/c1-4-13(2,3)11(14)8-5-6-9-10(7-8)16-12(17)15-9/h5-7,11H,4,14H2,1-3H3,(H2,15,16,17). The molecule has 1 unspecified atom stereocenters. The minimum Gasteiger partial charge on any atom is -0.324 e. The van der Waals surface area contributed by atoms with Crippen molar-refractivity contribution in [2.75, 3.05) is 0 Å². The van der Waals surface area contributed by atoms with Crippen LogP contribution in [0.5, 0.6) is 0 Å². The van der Waals surface area contributed by atoms with Crippen LogP contribution < -0.4 is 11.4 Å². The third-order valence-electron chi connectivity index (χ3n) is 3.65. The molecular weight excluding hydrogens is 214 g/mol. The van der Waals surface area contributed by atoms with E-state index in [4.69, 9.17) is 5.73 Å². The fourth-order valence-corrected chi connectivity index (χ4v) is 1.91. The van der Waals surface area contributed by atoms with E-state index in [1.807, 2.05) is 18.2 Å². The number of nitrogens with one attached hydrogen (secondary N) is 2. The highest BCUT2D eigenvalue weighted by Crippen LogP contribution is 2.34. The van der Waals surface area contributed by atoms with Crippen molar-refractivity contribution in [2.45, 2.75) is 33.2 Å². The minimum atomic E-state index is -0.180. The molecular formula is C13H19N3O. The number of aromatic amines is 2. The van der Waals surface area contributed by atoms with E-state index >= 15 is 0 Å².